The molecule has 0 saturated carbocycles. The molecule has 0 aliphatic rings. The zero-order chi connectivity index (χ0) is 15.2. The lowest BCUT2D eigenvalue weighted by atomic mass is 10.1. The molecule has 1 aromatic carbocycles. The maximum atomic E-state index is 12.2. The Morgan fingerprint density at radius 1 is 1.24 bits per heavy atom. The average Bonchev–Trinajstić information content (AvgIpc) is 2.42. The third kappa shape index (κ3) is 4.18. The van der Waals surface area contributed by atoms with Crippen LogP contribution in [-0.2, 0) is 6.42 Å². The van der Waals surface area contributed by atoms with E-state index in [1.54, 1.807) is 0 Å². The van der Waals surface area contributed by atoms with Crippen LogP contribution in [0.2, 0.25) is 0 Å². The maximum Gasteiger partial charge on any atom is 0.255 e. The van der Waals surface area contributed by atoms with E-state index in [-0.39, 0.29) is 5.56 Å². The normalized spacial score (nSPS) is 10.6. The molecular weight excluding hydrogens is 262 g/mol. The lowest BCUT2D eigenvalue weighted by Gasteiger charge is -2.09. The highest BCUT2D eigenvalue weighted by Gasteiger charge is 2.08. The van der Waals surface area contributed by atoms with E-state index in [2.05, 4.69) is 22.2 Å². The van der Waals surface area contributed by atoms with Crippen molar-refractivity contribution < 1.29 is 0 Å². The van der Waals surface area contributed by atoms with Gasteiger partial charge in [0.25, 0.3) is 5.56 Å². The molecule has 4 nitrogen and oxygen atoms in total. The van der Waals surface area contributed by atoms with Crippen molar-refractivity contribution in [1.29, 1.82) is 0 Å². The fourth-order valence-corrected chi connectivity index (χ4v) is 2.38. The standard InChI is InChI=1S/C17H23N3O/c1-4-5-6-10-15-13(3)18-17(20-16(15)21)19-14-9-7-8-12(2)11-14/h7-9,11H,4-6,10H2,1-3H3,(H2,18,19,20,21). The number of hydrogen-bond acceptors (Lipinski definition) is 3. The first-order valence-corrected chi connectivity index (χ1v) is 7.53. The average molecular weight is 285 g/mol. The molecule has 0 fully saturated rings. The first-order chi connectivity index (χ1) is 10.1. The van der Waals surface area contributed by atoms with E-state index in [9.17, 15) is 4.79 Å². The number of unbranched alkanes of at least 4 members (excludes halogenated alkanes) is 2. The highest BCUT2D eigenvalue weighted by atomic mass is 16.1. The summed E-state index contributed by atoms with van der Waals surface area (Å²) in [5.74, 6) is 0.502. The highest BCUT2D eigenvalue weighted by Crippen LogP contribution is 2.14. The highest BCUT2D eigenvalue weighted by molar-refractivity contribution is 5.54. The summed E-state index contributed by atoms with van der Waals surface area (Å²) in [6.07, 6.45) is 4.12. The van der Waals surface area contributed by atoms with Crippen molar-refractivity contribution in [2.45, 2.75) is 46.5 Å². The number of aryl methyl sites for hydroxylation is 2. The topological polar surface area (TPSA) is 57.8 Å². The number of rotatable bonds is 6. The molecule has 2 rings (SSSR count). The van der Waals surface area contributed by atoms with Gasteiger partial charge in [0.1, 0.15) is 0 Å². The first-order valence-electron chi connectivity index (χ1n) is 7.53. The number of aromatic nitrogens is 2. The van der Waals surface area contributed by atoms with Crippen LogP contribution < -0.4 is 10.9 Å². The van der Waals surface area contributed by atoms with Crippen LogP contribution in [0.5, 0.6) is 0 Å². The summed E-state index contributed by atoms with van der Waals surface area (Å²) >= 11 is 0. The summed E-state index contributed by atoms with van der Waals surface area (Å²) in [5, 5.41) is 3.15. The van der Waals surface area contributed by atoms with Crippen LogP contribution in [0.15, 0.2) is 29.1 Å². The third-order valence-electron chi connectivity index (χ3n) is 3.53. The molecule has 4 heteroatoms. The molecule has 2 aromatic rings. The van der Waals surface area contributed by atoms with Gasteiger partial charge >= 0.3 is 0 Å². The van der Waals surface area contributed by atoms with E-state index in [0.717, 1.165) is 48.2 Å². The van der Waals surface area contributed by atoms with Crippen molar-refractivity contribution in [2.24, 2.45) is 0 Å². The van der Waals surface area contributed by atoms with Gasteiger partial charge in [0.2, 0.25) is 5.95 Å². The van der Waals surface area contributed by atoms with Gasteiger partial charge < -0.3 is 5.32 Å². The van der Waals surface area contributed by atoms with Gasteiger partial charge in [-0.1, -0.05) is 31.9 Å². The first kappa shape index (κ1) is 15.3. The van der Waals surface area contributed by atoms with E-state index in [4.69, 9.17) is 0 Å². The molecule has 0 aliphatic carbocycles. The van der Waals surface area contributed by atoms with Crippen LogP contribution in [0.4, 0.5) is 11.6 Å². The lowest BCUT2D eigenvalue weighted by Crippen LogP contribution is -2.18. The number of nitrogens with zero attached hydrogens (tertiary/aromatic N) is 1. The zero-order valence-corrected chi connectivity index (χ0v) is 13.0. The Balaban J connectivity index is 2.17. The van der Waals surface area contributed by atoms with Gasteiger partial charge in [0, 0.05) is 16.9 Å². The van der Waals surface area contributed by atoms with Crippen molar-refractivity contribution in [3.05, 3.63) is 51.4 Å². The van der Waals surface area contributed by atoms with Crippen LogP contribution in [0, 0.1) is 13.8 Å². The van der Waals surface area contributed by atoms with Gasteiger partial charge in [-0.15, -0.1) is 0 Å². The Morgan fingerprint density at radius 2 is 2.05 bits per heavy atom. The molecule has 0 bridgehead atoms. The molecule has 1 heterocycles. The summed E-state index contributed by atoms with van der Waals surface area (Å²) in [5.41, 5.74) is 3.67. The second kappa shape index (κ2) is 7.07. The van der Waals surface area contributed by atoms with Crippen LogP contribution in [0.3, 0.4) is 0 Å². The molecule has 0 unspecified atom stereocenters. The number of benzene rings is 1. The molecule has 2 N–H and O–H groups in total. The molecule has 0 saturated heterocycles. The van der Waals surface area contributed by atoms with Crippen molar-refractivity contribution in [3.63, 3.8) is 0 Å². The van der Waals surface area contributed by atoms with Crippen LogP contribution in [0.1, 0.15) is 43.0 Å². The Hall–Kier alpha value is -2.10. The minimum absolute atomic E-state index is 0.0336. The summed E-state index contributed by atoms with van der Waals surface area (Å²) in [6.45, 7) is 6.09. The monoisotopic (exact) mass is 285 g/mol. The quantitative estimate of drug-likeness (QED) is 0.792. The Kier molecular flexibility index (Phi) is 5.14. The number of H-pyrrole nitrogens is 1. The molecular formula is C17H23N3O. The second-order valence-corrected chi connectivity index (χ2v) is 5.43. The predicted octanol–water partition coefficient (Wildman–Crippen LogP) is 3.86. The van der Waals surface area contributed by atoms with Crippen LogP contribution in [-0.4, -0.2) is 9.97 Å². The largest absolute Gasteiger partial charge is 0.326 e. The third-order valence-corrected chi connectivity index (χ3v) is 3.53. The minimum Gasteiger partial charge on any atom is -0.326 e. The SMILES string of the molecule is CCCCCc1c(C)nc(Nc2cccc(C)c2)[nH]c1=O. The number of anilines is 2. The van der Waals surface area contributed by atoms with Gasteiger partial charge in [0.05, 0.1) is 0 Å². The van der Waals surface area contributed by atoms with Gasteiger partial charge in [-0.3, -0.25) is 9.78 Å². The van der Waals surface area contributed by atoms with E-state index in [1.165, 1.54) is 0 Å². The Labute approximate surface area is 125 Å². The molecule has 0 atom stereocenters. The van der Waals surface area contributed by atoms with E-state index < -0.39 is 0 Å². The Morgan fingerprint density at radius 3 is 2.71 bits per heavy atom. The van der Waals surface area contributed by atoms with Gasteiger partial charge in [-0.25, -0.2) is 4.98 Å². The molecule has 0 spiro atoms. The molecule has 21 heavy (non-hydrogen) atoms. The van der Waals surface area contributed by atoms with Gasteiger partial charge in [0.15, 0.2) is 0 Å². The van der Waals surface area contributed by atoms with E-state index >= 15 is 0 Å². The smallest absolute Gasteiger partial charge is 0.255 e. The molecule has 112 valence electrons. The van der Waals surface area contributed by atoms with Crippen molar-refractivity contribution in [2.75, 3.05) is 5.32 Å². The van der Waals surface area contributed by atoms with Crippen LogP contribution in [0.25, 0.3) is 0 Å². The number of aromatic amines is 1. The minimum atomic E-state index is -0.0336. The summed E-state index contributed by atoms with van der Waals surface area (Å²) in [6, 6.07) is 7.98. The zero-order valence-electron chi connectivity index (χ0n) is 13.0. The van der Waals surface area contributed by atoms with Gasteiger partial charge in [-0.05, 0) is 44.4 Å². The lowest BCUT2D eigenvalue weighted by molar-refractivity contribution is 0.707. The Bertz CT molecular complexity index is 661. The number of hydrogen-bond donors (Lipinski definition) is 2. The fourth-order valence-electron chi connectivity index (χ4n) is 2.38. The van der Waals surface area contributed by atoms with Gasteiger partial charge in [-0.2, -0.15) is 0 Å². The van der Waals surface area contributed by atoms with Crippen molar-refractivity contribution in [3.8, 4) is 0 Å². The van der Waals surface area contributed by atoms with Crippen LogP contribution >= 0.6 is 0 Å². The predicted molar refractivity (Wildman–Crippen MR) is 87.3 cm³/mol. The molecule has 0 amide bonds. The maximum absolute atomic E-state index is 12.2. The van der Waals surface area contributed by atoms with E-state index in [0.29, 0.717) is 5.95 Å². The van der Waals surface area contributed by atoms with Crippen molar-refractivity contribution in [1.82, 2.24) is 9.97 Å². The summed E-state index contributed by atoms with van der Waals surface area (Å²) in [4.78, 5) is 19.5. The molecule has 0 radical (unpaired) electrons. The van der Waals surface area contributed by atoms with E-state index in [1.807, 2.05) is 38.1 Å². The molecule has 0 aliphatic heterocycles. The summed E-state index contributed by atoms with van der Waals surface area (Å²) in [7, 11) is 0. The summed E-state index contributed by atoms with van der Waals surface area (Å²) < 4.78 is 0. The van der Waals surface area contributed by atoms with Crippen molar-refractivity contribution >= 4 is 11.6 Å². The number of nitrogens with one attached hydrogen (secondary N) is 2. The second-order valence-electron chi connectivity index (χ2n) is 5.43. The fraction of sp³-hybridized carbons (Fsp3) is 0.412. The molecule has 1 aromatic heterocycles.